The lowest BCUT2D eigenvalue weighted by Crippen LogP contribution is -1.74. The van der Waals surface area contributed by atoms with Crippen molar-refractivity contribution in [2.75, 3.05) is 0 Å². The van der Waals surface area contributed by atoms with E-state index >= 15 is 0 Å². The second kappa shape index (κ2) is 2.55. The van der Waals surface area contributed by atoms with Gasteiger partial charge in [-0.25, -0.2) is 0 Å². The van der Waals surface area contributed by atoms with Gasteiger partial charge in [0.1, 0.15) is 5.76 Å². The molecule has 2 unspecified atom stereocenters. The number of rotatable bonds is 2. The second-order valence-electron chi connectivity index (χ2n) is 3.20. The fourth-order valence-corrected chi connectivity index (χ4v) is 1.45. The highest BCUT2D eigenvalue weighted by molar-refractivity contribution is 7.79. The molecule has 3 heteroatoms. The van der Waals surface area contributed by atoms with Crippen LogP contribution in [0.1, 0.15) is 30.7 Å². The van der Waals surface area contributed by atoms with E-state index in [0.29, 0.717) is 11.7 Å². The summed E-state index contributed by atoms with van der Waals surface area (Å²) < 4.78 is 5.15. The van der Waals surface area contributed by atoms with E-state index in [0.717, 1.165) is 17.4 Å². The summed E-state index contributed by atoms with van der Waals surface area (Å²) in [5.74, 6) is 3.14. The van der Waals surface area contributed by atoms with E-state index in [2.05, 4.69) is 24.7 Å². The van der Waals surface area contributed by atoms with Gasteiger partial charge in [0.2, 0.25) is 0 Å². The summed E-state index contributed by atoms with van der Waals surface area (Å²) in [6.45, 7) is 2.23. The average molecular weight is 169 g/mol. The summed E-state index contributed by atoms with van der Waals surface area (Å²) >= 11 is 4.11. The molecule has 1 aromatic heterocycles. The molecule has 2 nitrogen and oxygen atoms in total. The monoisotopic (exact) mass is 169 g/mol. The Balaban J connectivity index is 2.13. The predicted molar refractivity (Wildman–Crippen MR) is 45.7 cm³/mol. The van der Waals surface area contributed by atoms with Gasteiger partial charge in [-0.3, -0.25) is 0 Å². The van der Waals surface area contributed by atoms with Crippen LogP contribution in [0.4, 0.5) is 0 Å². The molecule has 1 aliphatic carbocycles. The van der Waals surface area contributed by atoms with Crippen LogP contribution in [0.2, 0.25) is 0 Å². The van der Waals surface area contributed by atoms with Gasteiger partial charge in [-0.2, -0.15) is 12.6 Å². The van der Waals surface area contributed by atoms with Crippen LogP contribution < -0.4 is 0 Å². The fraction of sp³-hybridized carbons (Fsp3) is 0.625. The fourth-order valence-electron chi connectivity index (χ4n) is 1.30. The van der Waals surface area contributed by atoms with Gasteiger partial charge >= 0.3 is 0 Å². The standard InChI is InChI=1S/C8H11NOS/c1-5-2-7(5)8-3-6(4-11)9-10-8/h3,5,7,11H,2,4H2,1H3. The third-order valence-corrected chi connectivity index (χ3v) is 2.54. The molecule has 0 saturated heterocycles. The highest BCUT2D eigenvalue weighted by Crippen LogP contribution is 2.46. The van der Waals surface area contributed by atoms with Crippen molar-refractivity contribution in [1.29, 1.82) is 0 Å². The Labute approximate surface area is 71.4 Å². The third-order valence-electron chi connectivity index (χ3n) is 2.21. The lowest BCUT2D eigenvalue weighted by Gasteiger charge is -1.84. The third kappa shape index (κ3) is 1.29. The van der Waals surface area contributed by atoms with Gasteiger partial charge < -0.3 is 4.52 Å². The summed E-state index contributed by atoms with van der Waals surface area (Å²) in [5.41, 5.74) is 0.947. The Morgan fingerprint density at radius 1 is 1.82 bits per heavy atom. The van der Waals surface area contributed by atoms with Gasteiger partial charge in [0.05, 0.1) is 5.69 Å². The Bertz CT molecular complexity index is 258. The van der Waals surface area contributed by atoms with E-state index in [1.807, 2.05) is 6.07 Å². The largest absolute Gasteiger partial charge is 0.361 e. The van der Waals surface area contributed by atoms with E-state index in [1.165, 1.54) is 6.42 Å². The second-order valence-corrected chi connectivity index (χ2v) is 3.51. The molecule has 1 fully saturated rings. The molecule has 60 valence electrons. The smallest absolute Gasteiger partial charge is 0.140 e. The highest BCUT2D eigenvalue weighted by atomic mass is 32.1. The van der Waals surface area contributed by atoms with Crippen molar-refractivity contribution < 1.29 is 4.52 Å². The Morgan fingerprint density at radius 2 is 2.55 bits per heavy atom. The molecule has 1 heterocycles. The minimum absolute atomic E-state index is 0.635. The maximum atomic E-state index is 5.15. The molecule has 0 bridgehead atoms. The quantitative estimate of drug-likeness (QED) is 0.687. The first kappa shape index (κ1) is 7.22. The summed E-state index contributed by atoms with van der Waals surface area (Å²) in [7, 11) is 0. The average Bonchev–Trinajstić information content (AvgIpc) is 2.59. The zero-order valence-corrected chi connectivity index (χ0v) is 7.34. The summed E-state index contributed by atoms with van der Waals surface area (Å²) in [5, 5.41) is 3.88. The maximum Gasteiger partial charge on any atom is 0.140 e. The van der Waals surface area contributed by atoms with Crippen LogP contribution in [0, 0.1) is 5.92 Å². The summed E-state index contributed by atoms with van der Waals surface area (Å²) in [6, 6.07) is 2.02. The molecule has 0 spiro atoms. The molecule has 2 atom stereocenters. The van der Waals surface area contributed by atoms with Gasteiger partial charge in [0, 0.05) is 17.7 Å². The molecule has 1 aromatic rings. The van der Waals surface area contributed by atoms with Crippen molar-refractivity contribution in [3.63, 3.8) is 0 Å². The molecule has 0 N–H and O–H groups in total. The van der Waals surface area contributed by atoms with Gasteiger partial charge in [0.25, 0.3) is 0 Å². The lowest BCUT2D eigenvalue weighted by atomic mass is 10.2. The molecule has 0 aromatic carbocycles. The predicted octanol–water partition coefficient (Wildman–Crippen LogP) is 2.23. The molecule has 2 rings (SSSR count). The normalized spacial score (nSPS) is 28.9. The zero-order chi connectivity index (χ0) is 7.84. The summed E-state index contributed by atoms with van der Waals surface area (Å²) in [6.07, 6.45) is 1.25. The van der Waals surface area contributed by atoms with Crippen LogP contribution >= 0.6 is 12.6 Å². The number of hydrogen-bond donors (Lipinski definition) is 1. The minimum atomic E-state index is 0.635. The first-order chi connectivity index (χ1) is 5.31. The van der Waals surface area contributed by atoms with E-state index in [-0.39, 0.29) is 0 Å². The van der Waals surface area contributed by atoms with Crippen LogP contribution in [0.25, 0.3) is 0 Å². The van der Waals surface area contributed by atoms with Crippen LogP contribution in [0.3, 0.4) is 0 Å². The van der Waals surface area contributed by atoms with Crippen molar-refractivity contribution in [3.05, 3.63) is 17.5 Å². The molecular formula is C8H11NOS. The number of nitrogens with zero attached hydrogens (tertiary/aromatic N) is 1. The first-order valence-corrected chi connectivity index (χ1v) is 4.51. The number of thiol groups is 1. The minimum Gasteiger partial charge on any atom is -0.361 e. The van der Waals surface area contributed by atoms with Crippen LogP contribution in [0.15, 0.2) is 10.6 Å². The van der Waals surface area contributed by atoms with Crippen LogP contribution in [-0.2, 0) is 5.75 Å². The molecule has 0 aliphatic heterocycles. The van der Waals surface area contributed by atoms with Crippen LogP contribution in [-0.4, -0.2) is 5.16 Å². The van der Waals surface area contributed by atoms with Crippen LogP contribution in [0.5, 0.6) is 0 Å². The Morgan fingerprint density at radius 3 is 3.00 bits per heavy atom. The lowest BCUT2D eigenvalue weighted by molar-refractivity contribution is 0.377. The van der Waals surface area contributed by atoms with E-state index in [4.69, 9.17) is 4.52 Å². The van der Waals surface area contributed by atoms with Gasteiger partial charge in [-0.1, -0.05) is 12.1 Å². The SMILES string of the molecule is CC1CC1c1cc(CS)no1. The van der Waals surface area contributed by atoms with E-state index in [1.54, 1.807) is 0 Å². The van der Waals surface area contributed by atoms with Crippen molar-refractivity contribution in [1.82, 2.24) is 5.16 Å². The molecule has 1 aliphatic rings. The zero-order valence-electron chi connectivity index (χ0n) is 6.45. The topological polar surface area (TPSA) is 26.0 Å². The van der Waals surface area contributed by atoms with Crippen molar-refractivity contribution in [2.45, 2.75) is 25.0 Å². The Hall–Kier alpha value is -0.440. The molecule has 0 radical (unpaired) electrons. The van der Waals surface area contributed by atoms with Crippen molar-refractivity contribution in [3.8, 4) is 0 Å². The highest BCUT2D eigenvalue weighted by Gasteiger charge is 2.37. The van der Waals surface area contributed by atoms with E-state index < -0.39 is 0 Å². The Kier molecular flexibility index (Phi) is 1.68. The molecular weight excluding hydrogens is 158 g/mol. The number of hydrogen-bond acceptors (Lipinski definition) is 3. The maximum absolute atomic E-state index is 5.15. The number of aromatic nitrogens is 1. The van der Waals surface area contributed by atoms with Gasteiger partial charge in [0.15, 0.2) is 0 Å². The first-order valence-electron chi connectivity index (χ1n) is 3.87. The van der Waals surface area contributed by atoms with Gasteiger partial charge in [-0.05, 0) is 12.3 Å². The van der Waals surface area contributed by atoms with E-state index in [9.17, 15) is 0 Å². The molecule has 0 amide bonds. The van der Waals surface area contributed by atoms with Crippen molar-refractivity contribution >= 4 is 12.6 Å². The van der Waals surface area contributed by atoms with Gasteiger partial charge in [-0.15, -0.1) is 0 Å². The summed E-state index contributed by atoms with van der Waals surface area (Å²) in [4.78, 5) is 0. The molecule has 1 saturated carbocycles. The molecule has 11 heavy (non-hydrogen) atoms. The van der Waals surface area contributed by atoms with Crippen molar-refractivity contribution in [2.24, 2.45) is 5.92 Å².